The predicted molar refractivity (Wildman–Crippen MR) is 158 cm³/mol. The number of thiazole rings is 1. The largest absolute Gasteiger partial charge is 0.503 e. The third-order valence-corrected chi connectivity index (χ3v) is 8.93. The molecule has 6 rings (SSSR count). The number of hydrogen-bond acceptors (Lipinski definition) is 8. The van der Waals surface area contributed by atoms with E-state index in [0.717, 1.165) is 54.1 Å². The number of aliphatic hydroxyl groups is 1. The number of morpholine rings is 1. The monoisotopic (exact) mass is 574 g/mol. The zero-order valence-electron chi connectivity index (χ0n) is 23.3. The van der Waals surface area contributed by atoms with Gasteiger partial charge < -0.3 is 19.5 Å². The van der Waals surface area contributed by atoms with E-state index in [0.29, 0.717) is 42.6 Å². The Labute approximate surface area is 242 Å². The van der Waals surface area contributed by atoms with Gasteiger partial charge in [0.25, 0.3) is 5.91 Å². The van der Waals surface area contributed by atoms with Gasteiger partial charge in [-0.15, -0.1) is 0 Å². The van der Waals surface area contributed by atoms with Gasteiger partial charge in [-0.3, -0.25) is 18.9 Å². The molecule has 10 heteroatoms. The second-order valence-corrected chi connectivity index (χ2v) is 11.4. The molecule has 214 valence electrons. The molecule has 1 unspecified atom stereocenters. The van der Waals surface area contributed by atoms with E-state index in [9.17, 15) is 14.7 Å². The second kappa shape index (κ2) is 11.6. The van der Waals surface area contributed by atoms with Gasteiger partial charge in [0.15, 0.2) is 10.7 Å². The summed E-state index contributed by atoms with van der Waals surface area (Å²) in [7, 11) is 0. The Kier molecular flexibility index (Phi) is 7.79. The van der Waals surface area contributed by atoms with Crippen molar-refractivity contribution < 1.29 is 24.2 Å². The molecule has 2 aliphatic rings. The highest BCUT2D eigenvalue weighted by atomic mass is 32.1. The zero-order valence-corrected chi connectivity index (χ0v) is 24.2. The maximum absolute atomic E-state index is 14.2. The molecule has 4 heterocycles. The minimum absolute atomic E-state index is 0.112. The lowest BCUT2D eigenvalue weighted by molar-refractivity contribution is -0.129. The average molecular weight is 575 g/mol. The highest BCUT2D eigenvalue weighted by molar-refractivity contribution is 7.19. The van der Waals surface area contributed by atoms with E-state index in [1.54, 1.807) is 4.90 Å². The smallest absolute Gasteiger partial charge is 0.290 e. The number of rotatable bonds is 10. The van der Waals surface area contributed by atoms with Crippen molar-refractivity contribution in [3.63, 3.8) is 0 Å². The summed E-state index contributed by atoms with van der Waals surface area (Å²) in [6.45, 7) is 8.88. The Morgan fingerprint density at radius 2 is 1.88 bits per heavy atom. The Morgan fingerprint density at radius 1 is 1.12 bits per heavy atom. The van der Waals surface area contributed by atoms with Crippen LogP contribution in [0.5, 0.6) is 5.75 Å². The van der Waals surface area contributed by atoms with Crippen molar-refractivity contribution in [3.8, 4) is 5.75 Å². The zero-order chi connectivity index (χ0) is 28.5. The Balaban J connectivity index is 1.34. The van der Waals surface area contributed by atoms with Gasteiger partial charge in [0.1, 0.15) is 5.75 Å². The molecule has 4 aromatic rings. The van der Waals surface area contributed by atoms with Crippen molar-refractivity contribution in [1.82, 2.24) is 19.2 Å². The first kappa shape index (κ1) is 27.4. The first-order valence-electron chi connectivity index (χ1n) is 14.2. The lowest BCUT2D eigenvalue weighted by atomic mass is 9.95. The molecular formula is C31H34N4O5S. The Morgan fingerprint density at radius 3 is 2.63 bits per heavy atom. The van der Waals surface area contributed by atoms with Crippen LogP contribution in [0.2, 0.25) is 0 Å². The van der Waals surface area contributed by atoms with Crippen LogP contribution in [0.25, 0.3) is 16.0 Å². The van der Waals surface area contributed by atoms with Crippen LogP contribution in [0.4, 0.5) is 0 Å². The predicted octanol–water partition coefficient (Wildman–Crippen LogP) is 4.95. The van der Waals surface area contributed by atoms with Gasteiger partial charge >= 0.3 is 0 Å². The first-order valence-corrected chi connectivity index (χ1v) is 15.0. The molecule has 1 saturated heterocycles. The van der Waals surface area contributed by atoms with Crippen molar-refractivity contribution >= 4 is 39.0 Å². The van der Waals surface area contributed by atoms with Crippen LogP contribution in [0.15, 0.2) is 59.9 Å². The average Bonchev–Trinajstić information content (AvgIpc) is 3.61. The van der Waals surface area contributed by atoms with E-state index in [-0.39, 0.29) is 11.4 Å². The summed E-state index contributed by atoms with van der Waals surface area (Å²) in [6, 6.07) is 14.6. The summed E-state index contributed by atoms with van der Waals surface area (Å²) >= 11 is 1.28. The second-order valence-electron chi connectivity index (χ2n) is 10.5. The molecule has 0 radical (unpaired) electrons. The Hall–Kier alpha value is -3.73. The maximum Gasteiger partial charge on any atom is 0.290 e. The van der Waals surface area contributed by atoms with Gasteiger partial charge in [0.05, 0.1) is 47.3 Å². The summed E-state index contributed by atoms with van der Waals surface area (Å²) in [5, 5.41) is 11.2. The van der Waals surface area contributed by atoms with Crippen molar-refractivity contribution in [2.24, 2.45) is 0 Å². The fourth-order valence-electron chi connectivity index (χ4n) is 5.71. The third-order valence-electron chi connectivity index (χ3n) is 7.79. The van der Waals surface area contributed by atoms with Gasteiger partial charge in [-0.2, -0.15) is 0 Å². The summed E-state index contributed by atoms with van der Waals surface area (Å²) in [5.74, 6) is -0.619. The van der Waals surface area contributed by atoms with Crippen molar-refractivity contribution in [2.75, 3.05) is 46.0 Å². The van der Waals surface area contributed by atoms with Gasteiger partial charge in [-0.05, 0) is 49.6 Å². The van der Waals surface area contributed by atoms with Crippen molar-refractivity contribution in [2.45, 2.75) is 32.7 Å². The number of aromatic nitrogens is 2. The highest BCUT2D eigenvalue weighted by Crippen LogP contribution is 2.41. The van der Waals surface area contributed by atoms with Crippen LogP contribution >= 0.6 is 11.3 Å². The minimum Gasteiger partial charge on any atom is -0.503 e. The van der Waals surface area contributed by atoms with Crippen LogP contribution < -0.4 is 4.74 Å². The summed E-state index contributed by atoms with van der Waals surface area (Å²) in [5.41, 5.74) is 3.38. The van der Waals surface area contributed by atoms with Crippen molar-refractivity contribution in [1.29, 1.82) is 0 Å². The number of hydrogen-bond donors (Lipinski definition) is 1. The molecule has 2 aromatic heterocycles. The number of benzene rings is 2. The molecule has 0 saturated carbocycles. The number of aryl methyl sites for hydroxylation is 1. The SMILES string of the molecule is CCCOc1ccc(C2C(C(=O)c3sc4nc5ccccc5n4c3C)=C(O)C(=O)N2CCCN2CCOCC2)cc1. The molecule has 1 amide bonds. The Bertz CT molecular complexity index is 1620. The van der Waals surface area contributed by atoms with E-state index in [1.807, 2.05) is 66.8 Å². The van der Waals surface area contributed by atoms with Crippen LogP contribution in [-0.4, -0.2) is 82.0 Å². The number of fused-ring (bicyclic) bond motifs is 3. The minimum atomic E-state index is -0.703. The lowest BCUT2D eigenvalue weighted by Gasteiger charge is -2.30. The standard InChI is InChI=1S/C31H34N4O5S/c1-3-17-40-22-11-9-21(10-12-22)26-25(28(37)30(38)34(26)14-6-13-33-15-18-39-19-16-33)27(36)29-20(2)35-24-8-5-4-7-23(24)32-31(35)41-29/h4-5,7-12,26,37H,3,6,13-19H2,1-2H3. The number of nitrogens with zero attached hydrogens (tertiary/aromatic N) is 4. The van der Waals surface area contributed by atoms with E-state index >= 15 is 0 Å². The molecule has 9 nitrogen and oxygen atoms in total. The fraction of sp³-hybridized carbons (Fsp3) is 0.387. The van der Waals surface area contributed by atoms with Crippen LogP contribution in [-0.2, 0) is 9.53 Å². The number of amides is 1. The van der Waals surface area contributed by atoms with E-state index < -0.39 is 17.7 Å². The number of carbonyl (C=O) groups is 2. The molecule has 2 aliphatic heterocycles. The van der Waals surface area contributed by atoms with Crippen LogP contribution in [0.3, 0.4) is 0 Å². The highest BCUT2D eigenvalue weighted by Gasteiger charge is 2.44. The number of Topliss-reactive ketones (excluding diaryl/α,β-unsaturated/α-hetero) is 1. The lowest BCUT2D eigenvalue weighted by Crippen LogP contribution is -2.39. The number of ketones is 1. The summed E-state index contributed by atoms with van der Waals surface area (Å²) in [4.78, 5) is 37.5. The summed E-state index contributed by atoms with van der Waals surface area (Å²) < 4.78 is 13.2. The summed E-state index contributed by atoms with van der Waals surface area (Å²) in [6.07, 6.45) is 1.61. The molecule has 0 bridgehead atoms. The van der Waals surface area contributed by atoms with Crippen molar-refractivity contribution in [3.05, 3.63) is 76.0 Å². The van der Waals surface area contributed by atoms with Gasteiger partial charge in [-0.25, -0.2) is 4.98 Å². The molecule has 2 aromatic carbocycles. The van der Waals surface area contributed by atoms with Gasteiger partial charge in [0, 0.05) is 31.9 Å². The number of carbonyl (C=O) groups excluding carboxylic acids is 2. The normalized spacial score (nSPS) is 18.2. The number of ether oxygens (including phenoxy) is 2. The van der Waals surface area contributed by atoms with Gasteiger partial charge in [-0.1, -0.05) is 42.5 Å². The number of para-hydroxylation sites is 2. The topological polar surface area (TPSA) is 96.6 Å². The molecule has 1 fully saturated rings. The van der Waals surface area contributed by atoms with E-state index in [4.69, 9.17) is 14.5 Å². The van der Waals surface area contributed by atoms with Crippen LogP contribution in [0, 0.1) is 6.92 Å². The quantitative estimate of drug-likeness (QED) is 0.268. The maximum atomic E-state index is 14.2. The number of imidazole rings is 1. The number of aliphatic hydroxyl groups excluding tert-OH is 1. The third kappa shape index (κ3) is 5.11. The molecule has 1 N–H and O–H groups in total. The fourth-order valence-corrected chi connectivity index (χ4v) is 6.81. The molecular weight excluding hydrogens is 540 g/mol. The molecule has 0 spiro atoms. The van der Waals surface area contributed by atoms with E-state index in [1.165, 1.54) is 11.3 Å². The molecule has 1 atom stereocenters. The molecule has 41 heavy (non-hydrogen) atoms. The first-order chi connectivity index (χ1) is 20.0. The van der Waals surface area contributed by atoms with Crippen LogP contribution in [0.1, 0.15) is 46.7 Å². The molecule has 0 aliphatic carbocycles. The van der Waals surface area contributed by atoms with E-state index in [2.05, 4.69) is 4.90 Å². The van der Waals surface area contributed by atoms with Gasteiger partial charge in [0.2, 0.25) is 5.78 Å².